The molecule has 9 heteroatoms. The summed E-state index contributed by atoms with van der Waals surface area (Å²) in [5.74, 6) is -1.35. The molecule has 0 aromatic heterocycles. The first-order chi connectivity index (χ1) is 19.3. The first kappa shape index (κ1) is 29.1. The first-order valence-corrected chi connectivity index (χ1v) is 13.5. The number of benzene rings is 3. The number of oxime groups is 1. The number of amides is 2. The van der Waals surface area contributed by atoms with Gasteiger partial charge in [0, 0.05) is 19.4 Å². The Bertz CT molecular complexity index is 1410. The van der Waals surface area contributed by atoms with Crippen molar-refractivity contribution in [2.24, 2.45) is 5.16 Å². The molecule has 40 heavy (non-hydrogen) atoms. The van der Waals surface area contributed by atoms with E-state index in [1.54, 1.807) is 18.2 Å². The van der Waals surface area contributed by atoms with Crippen LogP contribution in [0, 0.1) is 0 Å². The Morgan fingerprint density at radius 3 is 2.20 bits per heavy atom. The monoisotopic (exact) mass is 577 g/mol. The van der Waals surface area contributed by atoms with Crippen molar-refractivity contribution >= 4 is 46.5 Å². The molecule has 206 valence electrons. The minimum Gasteiger partial charge on any atom is -0.391 e. The number of ketones is 1. The van der Waals surface area contributed by atoms with Crippen LogP contribution in [0.3, 0.4) is 0 Å². The summed E-state index contributed by atoms with van der Waals surface area (Å²) in [6.07, 6.45) is 1.42. The Kier molecular flexibility index (Phi) is 9.74. The summed E-state index contributed by atoms with van der Waals surface area (Å²) in [6.45, 7) is 3.85. The molecule has 0 spiro atoms. The number of Topliss-reactive ketones (excluding diaryl/α,β-unsaturated/α-hetero) is 1. The van der Waals surface area contributed by atoms with Crippen molar-refractivity contribution in [1.29, 1.82) is 0 Å². The molecule has 0 saturated carbocycles. The Morgan fingerprint density at radius 1 is 0.925 bits per heavy atom. The van der Waals surface area contributed by atoms with Gasteiger partial charge in [0.05, 0.1) is 28.7 Å². The highest BCUT2D eigenvalue weighted by molar-refractivity contribution is 6.42. The van der Waals surface area contributed by atoms with Crippen LogP contribution in [-0.4, -0.2) is 46.8 Å². The van der Waals surface area contributed by atoms with Crippen LogP contribution in [0.15, 0.2) is 96.7 Å². The van der Waals surface area contributed by atoms with Crippen LogP contribution in [0.2, 0.25) is 10.0 Å². The molecule has 7 nitrogen and oxygen atoms in total. The number of carbonyl (C=O) groups is 3. The molecule has 3 aromatic rings. The first-order valence-electron chi connectivity index (χ1n) is 12.8. The van der Waals surface area contributed by atoms with Crippen molar-refractivity contribution in [3.63, 3.8) is 0 Å². The van der Waals surface area contributed by atoms with Crippen molar-refractivity contribution in [1.82, 2.24) is 10.2 Å². The molecule has 1 fully saturated rings. The van der Waals surface area contributed by atoms with E-state index in [9.17, 15) is 14.4 Å². The van der Waals surface area contributed by atoms with Crippen LogP contribution in [0.5, 0.6) is 0 Å². The normalized spacial score (nSPS) is 17.4. The maximum absolute atomic E-state index is 14.0. The molecule has 2 amide bonds. The van der Waals surface area contributed by atoms with Crippen LogP contribution in [-0.2, 0) is 38.7 Å². The van der Waals surface area contributed by atoms with E-state index in [2.05, 4.69) is 17.1 Å². The molecular weight excluding hydrogens is 549 g/mol. The molecule has 3 aromatic carbocycles. The van der Waals surface area contributed by atoms with Crippen molar-refractivity contribution in [2.45, 2.75) is 31.4 Å². The number of nitrogens with one attached hydrogen (secondary N) is 1. The van der Waals surface area contributed by atoms with Gasteiger partial charge in [-0.2, -0.15) is 0 Å². The molecule has 1 aliphatic rings. The topological polar surface area (TPSA) is 88.1 Å². The summed E-state index contributed by atoms with van der Waals surface area (Å²) >= 11 is 12.1. The lowest BCUT2D eigenvalue weighted by Gasteiger charge is -2.35. The molecular formula is C31H29Cl2N3O4. The Morgan fingerprint density at radius 2 is 1.57 bits per heavy atom. The second-order valence-corrected chi connectivity index (χ2v) is 10.3. The van der Waals surface area contributed by atoms with E-state index in [0.717, 1.165) is 16.7 Å². The summed E-state index contributed by atoms with van der Waals surface area (Å²) in [5, 5.41) is 7.81. The quantitative estimate of drug-likeness (QED) is 0.193. The average molecular weight is 578 g/mol. The smallest absolute Gasteiger partial charge is 0.254 e. The van der Waals surface area contributed by atoms with Gasteiger partial charge in [0.2, 0.25) is 5.91 Å². The molecule has 1 heterocycles. The highest BCUT2D eigenvalue weighted by Gasteiger charge is 2.57. The maximum Gasteiger partial charge on any atom is 0.254 e. The molecule has 4 rings (SSSR count). The minimum absolute atomic E-state index is 0.0212. The number of rotatable bonds is 11. The summed E-state index contributed by atoms with van der Waals surface area (Å²) in [6, 6.07) is 23.4. The predicted octanol–water partition coefficient (Wildman–Crippen LogP) is 5.19. The van der Waals surface area contributed by atoms with E-state index in [4.69, 9.17) is 28.0 Å². The van der Waals surface area contributed by atoms with Gasteiger partial charge in [-0.1, -0.05) is 101 Å². The van der Waals surface area contributed by atoms with Gasteiger partial charge in [-0.25, -0.2) is 0 Å². The molecule has 0 bridgehead atoms. The van der Waals surface area contributed by atoms with Crippen LogP contribution < -0.4 is 5.32 Å². The van der Waals surface area contributed by atoms with Gasteiger partial charge in [-0.05, 0) is 28.8 Å². The molecule has 1 N–H and O–H groups in total. The van der Waals surface area contributed by atoms with Crippen molar-refractivity contribution < 1.29 is 19.2 Å². The third-order valence-electron chi connectivity index (χ3n) is 6.62. The van der Waals surface area contributed by atoms with E-state index in [1.165, 1.54) is 11.0 Å². The zero-order valence-electron chi connectivity index (χ0n) is 21.8. The lowest BCUT2D eigenvalue weighted by Crippen LogP contribution is -2.63. The number of hydrogen-bond donors (Lipinski definition) is 1. The fraction of sp³-hybridized carbons (Fsp3) is 0.226. The van der Waals surface area contributed by atoms with E-state index in [0.29, 0.717) is 15.8 Å². The minimum atomic E-state index is -1.80. The zero-order chi connectivity index (χ0) is 28.5. The molecule has 1 saturated heterocycles. The highest BCUT2D eigenvalue weighted by Crippen LogP contribution is 2.32. The van der Waals surface area contributed by atoms with Gasteiger partial charge in [0.1, 0.15) is 6.61 Å². The second kappa shape index (κ2) is 13.4. The lowest BCUT2D eigenvalue weighted by atomic mass is 9.85. The predicted molar refractivity (Wildman–Crippen MR) is 156 cm³/mol. The zero-order valence-corrected chi connectivity index (χ0v) is 23.3. The number of likely N-dealkylation sites (tertiary alicyclic amines) is 1. The standard InChI is InChI=1S/C31H29Cl2N3O4/c1-2-15-34-30(39)31(28(37)17-22-9-5-3-6-10-22)19-25(35-40-21-24-13-14-26(32)27(33)16-24)20-36(31)29(38)18-23-11-7-4-8-12-23/h2-14,16H,1,15,17-21H2,(H,34,39)/b35-25+/t31-/m0/s1. The Labute approximate surface area is 243 Å². The summed E-state index contributed by atoms with van der Waals surface area (Å²) in [4.78, 5) is 48.4. The van der Waals surface area contributed by atoms with E-state index < -0.39 is 17.2 Å². The van der Waals surface area contributed by atoms with Crippen LogP contribution in [0.25, 0.3) is 0 Å². The molecule has 0 unspecified atom stereocenters. The summed E-state index contributed by atoms with van der Waals surface area (Å²) < 4.78 is 0. The van der Waals surface area contributed by atoms with Crippen molar-refractivity contribution in [3.8, 4) is 0 Å². The summed E-state index contributed by atoms with van der Waals surface area (Å²) in [7, 11) is 0. The summed E-state index contributed by atoms with van der Waals surface area (Å²) in [5.41, 5.74) is 0.849. The number of nitrogens with zero attached hydrogens (tertiary/aromatic N) is 2. The Balaban J connectivity index is 1.67. The van der Waals surface area contributed by atoms with Crippen molar-refractivity contribution in [2.75, 3.05) is 13.1 Å². The van der Waals surface area contributed by atoms with Gasteiger partial charge in [-0.15, -0.1) is 6.58 Å². The molecule has 1 aliphatic heterocycles. The van der Waals surface area contributed by atoms with Gasteiger partial charge < -0.3 is 15.1 Å². The number of halogens is 2. The maximum atomic E-state index is 14.0. The third-order valence-corrected chi connectivity index (χ3v) is 7.36. The fourth-order valence-electron chi connectivity index (χ4n) is 4.64. The van der Waals surface area contributed by atoms with Gasteiger partial charge >= 0.3 is 0 Å². The van der Waals surface area contributed by atoms with Crippen LogP contribution in [0.4, 0.5) is 0 Å². The number of carbonyl (C=O) groups excluding carboxylic acids is 3. The van der Waals surface area contributed by atoms with E-state index in [-0.39, 0.29) is 44.9 Å². The largest absolute Gasteiger partial charge is 0.391 e. The van der Waals surface area contributed by atoms with Crippen molar-refractivity contribution in [3.05, 3.63) is 118 Å². The van der Waals surface area contributed by atoms with E-state index in [1.807, 2.05) is 60.7 Å². The van der Waals surface area contributed by atoms with Crippen LogP contribution >= 0.6 is 23.2 Å². The second-order valence-electron chi connectivity index (χ2n) is 9.44. The molecule has 1 atom stereocenters. The van der Waals surface area contributed by atoms with Crippen LogP contribution in [0.1, 0.15) is 23.1 Å². The molecule has 0 aliphatic carbocycles. The SMILES string of the molecule is C=CCNC(=O)[C@@]1(C(=O)Cc2ccccc2)C/C(=N\OCc2ccc(Cl)c(Cl)c2)CN1C(=O)Cc1ccccc1. The van der Waals surface area contributed by atoms with Gasteiger partial charge in [0.25, 0.3) is 5.91 Å². The third kappa shape index (κ3) is 6.79. The van der Waals surface area contributed by atoms with E-state index >= 15 is 0 Å². The highest BCUT2D eigenvalue weighted by atomic mass is 35.5. The molecule has 0 radical (unpaired) electrons. The average Bonchev–Trinajstić information content (AvgIpc) is 3.36. The lowest BCUT2D eigenvalue weighted by molar-refractivity contribution is -0.152. The number of hydrogen-bond acceptors (Lipinski definition) is 5. The van der Waals surface area contributed by atoms with Gasteiger partial charge in [-0.3, -0.25) is 14.4 Å². The fourth-order valence-corrected chi connectivity index (χ4v) is 4.96. The Hall–Kier alpha value is -3.94. The van der Waals surface area contributed by atoms with Gasteiger partial charge in [0.15, 0.2) is 11.3 Å².